The van der Waals surface area contributed by atoms with Gasteiger partial charge in [0, 0.05) is 22.5 Å². The van der Waals surface area contributed by atoms with E-state index in [4.69, 9.17) is 0 Å². The highest BCUT2D eigenvalue weighted by Gasteiger charge is 2.16. The van der Waals surface area contributed by atoms with Crippen molar-refractivity contribution in [2.75, 3.05) is 0 Å². The zero-order valence-corrected chi connectivity index (χ0v) is 16.0. The zero-order valence-electron chi connectivity index (χ0n) is 16.0. The average molecular weight is 360 g/mol. The maximum absolute atomic E-state index is 9.97. The van der Waals surface area contributed by atoms with Crippen LogP contribution < -0.4 is 0 Å². The zero-order chi connectivity index (χ0) is 19.5. The molecule has 1 heterocycles. The third-order valence-corrected chi connectivity index (χ3v) is 4.94. The highest BCUT2D eigenvalue weighted by atomic mass is 14.7. The van der Waals surface area contributed by atoms with Crippen LogP contribution in [0.15, 0.2) is 84.9 Å². The summed E-state index contributed by atoms with van der Waals surface area (Å²) in [5.41, 5.74) is 8.86. The molecule has 0 aliphatic rings. The highest BCUT2D eigenvalue weighted by molar-refractivity contribution is 5.91. The Morgan fingerprint density at radius 1 is 0.679 bits per heavy atom. The Kier molecular flexibility index (Phi) is 4.74. The van der Waals surface area contributed by atoms with E-state index in [-0.39, 0.29) is 0 Å². The lowest BCUT2D eigenvalue weighted by Gasteiger charge is -2.16. The molecule has 134 valence electrons. The van der Waals surface area contributed by atoms with Gasteiger partial charge in [-0.05, 0) is 54.3 Å². The molecule has 0 atom stereocenters. The number of hydrogen-bond acceptors (Lipinski definition) is 2. The van der Waals surface area contributed by atoms with Crippen LogP contribution in [0, 0.1) is 25.2 Å². The second kappa shape index (κ2) is 7.50. The normalized spacial score (nSPS) is 10.5. The van der Waals surface area contributed by atoms with E-state index in [1.165, 1.54) is 0 Å². The van der Waals surface area contributed by atoms with E-state index in [1.54, 1.807) is 0 Å². The van der Waals surface area contributed by atoms with Gasteiger partial charge in [-0.25, -0.2) is 0 Å². The van der Waals surface area contributed by atoms with Crippen LogP contribution in [-0.4, -0.2) is 4.98 Å². The lowest BCUT2D eigenvalue weighted by molar-refractivity contribution is 1.13. The largest absolute Gasteiger partial charge is 0.258 e. The van der Waals surface area contributed by atoms with Crippen molar-refractivity contribution in [1.29, 1.82) is 5.26 Å². The third kappa shape index (κ3) is 3.31. The van der Waals surface area contributed by atoms with Gasteiger partial charge in [-0.1, -0.05) is 66.7 Å². The Labute approximate surface area is 165 Å². The molecule has 0 bridgehead atoms. The molecule has 0 fully saturated rings. The predicted octanol–water partition coefficient (Wildman–Crippen LogP) is 6.57. The molecule has 0 radical (unpaired) electrons. The average Bonchev–Trinajstić information content (AvgIpc) is 2.74. The molecule has 0 N–H and O–H groups in total. The topological polar surface area (TPSA) is 36.7 Å². The van der Waals surface area contributed by atoms with Crippen molar-refractivity contribution in [3.63, 3.8) is 0 Å². The van der Waals surface area contributed by atoms with Gasteiger partial charge in [-0.2, -0.15) is 5.26 Å². The molecule has 0 aliphatic heterocycles. The van der Waals surface area contributed by atoms with Crippen molar-refractivity contribution in [2.24, 2.45) is 0 Å². The van der Waals surface area contributed by atoms with Gasteiger partial charge in [0.1, 0.15) is 0 Å². The van der Waals surface area contributed by atoms with E-state index < -0.39 is 0 Å². The van der Waals surface area contributed by atoms with E-state index in [9.17, 15) is 5.26 Å². The van der Waals surface area contributed by atoms with Crippen molar-refractivity contribution in [3.05, 3.63) is 102 Å². The van der Waals surface area contributed by atoms with Gasteiger partial charge in [-0.15, -0.1) is 0 Å². The standard InChI is InChI=1S/C26H20N2/c1-18-13-14-24(19(2)28-18)22-15-23(17-27)26(21-11-7-4-8-12-21)25(16-22)20-9-5-3-6-10-20/h3-16H,1-2H3. The summed E-state index contributed by atoms with van der Waals surface area (Å²) in [6.45, 7) is 4.01. The predicted molar refractivity (Wildman–Crippen MR) is 115 cm³/mol. The molecule has 0 spiro atoms. The summed E-state index contributed by atoms with van der Waals surface area (Å²) in [5, 5.41) is 9.97. The molecule has 4 rings (SSSR count). The maximum atomic E-state index is 9.97. The van der Waals surface area contributed by atoms with Gasteiger partial charge in [0.05, 0.1) is 11.6 Å². The molecule has 0 amide bonds. The molecule has 3 aromatic carbocycles. The van der Waals surface area contributed by atoms with Crippen molar-refractivity contribution >= 4 is 0 Å². The van der Waals surface area contributed by atoms with Crippen molar-refractivity contribution in [1.82, 2.24) is 4.98 Å². The summed E-state index contributed by atoms with van der Waals surface area (Å²) < 4.78 is 0. The summed E-state index contributed by atoms with van der Waals surface area (Å²) in [7, 11) is 0. The summed E-state index contributed by atoms with van der Waals surface area (Å²) >= 11 is 0. The van der Waals surface area contributed by atoms with Crippen molar-refractivity contribution < 1.29 is 0 Å². The molecule has 28 heavy (non-hydrogen) atoms. The second-order valence-corrected chi connectivity index (χ2v) is 6.88. The van der Waals surface area contributed by atoms with Crippen LogP contribution >= 0.6 is 0 Å². The number of hydrogen-bond donors (Lipinski definition) is 0. The second-order valence-electron chi connectivity index (χ2n) is 6.88. The number of rotatable bonds is 3. The first-order chi connectivity index (χ1) is 13.7. The summed E-state index contributed by atoms with van der Waals surface area (Å²) in [4.78, 5) is 4.61. The molecule has 0 saturated heterocycles. The van der Waals surface area contributed by atoms with Gasteiger partial charge in [0.2, 0.25) is 0 Å². The van der Waals surface area contributed by atoms with E-state index in [0.29, 0.717) is 5.56 Å². The van der Waals surface area contributed by atoms with Gasteiger partial charge in [0.25, 0.3) is 0 Å². The first-order valence-electron chi connectivity index (χ1n) is 9.31. The molecular formula is C26H20N2. The quantitative estimate of drug-likeness (QED) is 0.414. The van der Waals surface area contributed by atoms with Crippen LogP contribution in [0.5, 0.6) is 0 Å². The molecule has 0 saturated carbocycles. The lowest BCUT2D eigenvalue weighted by atomic mass is 9.87. The van der Waals surface area contributed by atoms with E-state index in [1.807, 2.05) is 62.4 Å². The smallest absolute Gasteiger partial charge is 0.0998 e. The maximum Gasteiger partial charge on any atom is 0.0998 e. The van der Waals surface area contributed by atoms with Gasteiger partial charge in [0.15, 0.2) is 0 Å². The molecule has 0 unspecified atom stereocenters. The van der Waals surface area contributed by atoms with Crippen molar-refractivity contribution in [3.8, 4) is 39.4 Å². The Bertz CT molecular complexity index is 1170. The van der Waals surface area contributed by atoms with Gasteiger partial charge in [-0.3, -0.25) is 4.98 Å². The number of aromatic nitrogens is 1. The Morgan fingerprint density at radius 2 is 1.32 bits per heavy atom. The van der Waals surface area contributed by atoms with Crippen LogP contribution in [0.25, 0.3) is 33.4 Å². The van der Waals surface area contributed by atoms with Crippen LogP contribution in [0.3, 0.4) is 0 Å². The number of benzene rings is 3. The molecule has 0 aliphatic carbocycles. The fourth-order valence-electron chi connectivity index (χ4n) is 3.64. The first kappa shape index (κ1) is 17.7. The SMILES string of the molecule is Cc1ccc(-c2cc(C#N)c(-c3ccccc3)c(-c3ccccc3)c2)c(C)n1. The Morgan fingerprint density at radius 3 is 1.93 bits per heavy atom. The summed E-state index contributed by atoms with van der Waals surface area (Å²) in [5.74, 6) is 0. The minimum Gasteiger partial charge on any atom is -0.258 e. The Hall–Kier alpha value is -3.70. The number of pyridine rings is 1. The molecule has 1 aromatic heterocycles. The van der Waals surface area contributed by atoms with Gasteiger partial charge >= 0.3 is 0 Å². The number of aryl methyl sites for hydroxylation is 2. The monoisotopic (exact) mass is 360 g/mol. The van der Waals surface area contributed by atoms with E-state index in [2.05, 4.69) is 47.5 Å². The molecule has 2 nitrogen and oxygen atoms in total. The highest BCUT2D eigenvalue weighted by Crippen LogP contribution is 2.39. The van der Waals surface area contributed by atoms with Crippen LogP contribution in [0.1, 0.15) is 17.0 Å². The summed E-state index contributed by atoms with van der Waals surface area (Å²) in [6.07, 6.45) is 0. The fraction of sp³-hybridized carbons (Fsp3) is 0.0769. The minimum atomic E-state index is 0.669. The minimum absolute atomic E-state index is 0.669. The fourth-order valence-corrected chi connectivity index (χ4v) is 3.64. The Balaban J connectivity index is 2.04. The van der Waals surface area contributed by atoms with Gasteiger partial charge < -0.3 is 0 Å². The lowest BCUT2D eigenvalue weighted by Crippen LogP contribution is -1.95. The van der Waals surface area contributed by atoms with E-state index >= 15 is 0 Å². The summed E-state index contributed by atoms with van der Waals surface area (Å²) in [6, 6.07) is 31.1. The van der Waals surface area contributed by atoms with Crippen LogP contribution in [-0.2, 0) is 0 Å². The molecule has 4 aromatic rings. The van der Waals surface area contributed by atoms with E-state index in [0.717, 1.165) is 44.8 Å². The van der Waals surface area contributed by atoms with Crippen molar-refractivity contribution in [2.45, 2.75) is 13.8 Å². The number of nitriles is 1. The molecular weight excluding hydrogens is 340 g/mol. The molecule has 2 heteroatoms. The third-order valence-electron chi connectivity index (χ3n) is 4.94. The first-order valence-corrected chi connectivity index (χ1v) is 9.31. The van der Waals surface area contributed by atoms with Crippen LogP contribution in [0.2, 0.25) is 0 Å². The number of nitrogens with zero attached hydrogens (tertiary/aromatic N) is 2. The van der Waals surface area contributed by atoms with Crippen LogP contribution in [0.4, 0.5) is 0 Å².